The van der Waals surface area contributed by atoms with Crippen molar-refractivity contribution in [1.82, 2.24) is 0 Å². The first-order chi connectivity index (χ1) is 23.2. The van der Waals surface area contributed by atoms with Crippen molar-refractivity contribution in [3.63, 3.8) is 0 Å². The Hall–Kier alpha value is -2.50. The van der Waals surface area contributed by atoms with Crippen LogP contribution in [0, 0.1) is 59.2 Å². The Labute approximate surface area is 301 Å². The summed E-state index contributed by atoms with van der Waals surface area (Å²) in [6.07, 6.45) is 21.6. The van der Waals surface area contributed by atoms with Crippen molar-refractivity contribution in [2.45, 2.75) is 146 Å². The number of hydrogen-bond acceptors (Lipinski definition) is 5. The second kappa shape index (κ2) is 21.7. The van der Waals surface area contributed by atoms with Gasteiger partial charge >= 0.3 is 0 Å². The highest BCUT2D eigenvalue weighted by Crippen LogP contribution is 2.67. The van der Waals surface area contributed by atoms with E-state index >= 15 is 0 Å². The normalized spacial score (nSPS) is 31.7. The molecule has 6 heteroatoms. The Kier molecular flexibility index (Phi) is 19.7. The molecule has 9 atom stereocenters. The number of ether oxygens (including phenoxy) is 1. The summed E-state index contributed by atoms with van der Waals surface area (Å²) in [5, 5.41) is 0. The minimum absolute atomic E-state index is 0.137. The maximum Gasteiger partial charge on any atom is 0.293 e. The lowest BCUT2D eigenvalue weighted by Crippen LogP contribution is -2.52. The molecule has 49 heavy (non-hydrogen) atoms. The molecule has 6 N–H and O–H groups in total. The second-order valence-corrected chi connectivity index (χ2v) is 16.0. The molecule has 5 rings (SSSR count). The van der Waals surface area contributed by atoms with E-state index in [1.54, 1.807) is 6.07 Å². The molecule has 9 unspecified atom stereocenters. The summed E-state index contributed by atoms with van der Waals surface area (Å²) in [5.74, 6) is 5.72. The monoisotopic (exact) mass is 686 g/mol. The molecule has 1 aromatic rings. The van der Waals surface area contributed by atoms with Gasteiger partial charge in [0.1, 0.15) is 6.10 Å². The Balaban J connectivity index is 0.000000520. The smallest absolute Gasteiger partial charge is 0.293 e. The molecule has 0 amide bonds. The topological polar surface area (TPSA) is 104 Å². The zero-order valence-corrected chi connectivity index (χ0v) is 33.4. The molecule has 0 heterocycles. The van der Waals surface area contributed by atoms with Gasteiger partial charge in [0.05, 0.1) is 7.18 Å². The maximum absolute atomic E-state index is 10.8. The molecule has 3 saturated carbocycles. The van der Waals surface area contributed by atoms with E-state index in [1.807, 2.05) is 45.9 Å². The largest absolute Gasteiger partial charge is 0.465 e. The number of allylic oxidation sites excluding steroid dienone is 4. The summed E-state index contributed by atoms with van der Waals surface area (Å²) >= 11 is 0. The molecule has 4 aliphatic carbocycles. The Morgan fingerprint density at radius 1 is 0.939 bits per heavy atom. The third-order valence-corrected chi connectivity index (χ3v) is 12.2. The lowest BCUT2D eigenvalue weighted by atomic mass is 9.46. The van der Waals surface area contributed by atoms with Crippen LogP contribution >= 0.6 is 0 Å². The van der Waals surface area contributed by atoms with Crippen molar-refractivity contribution in [3.05, 3.63) is 47.7 Å². The molecular formula is C43H76FN3O2. The number of halogens is 1. The van der Waals surface area contributed by atoms with Gasteiger partial charge in [0.15, 0.2) is 0 Å². The number of rotatable bonds is 8. The van der Waals surface area contributed by atoms with Crippen LogP contribution in [0.3, 0.4) is 0 Å². The summed E-state index contributed by atoms with van der Waals surface area (Å²) in [5.41, 5.74) is 20.7. The average molecular weight is 686 g/mol. The first kappa shape index (κ1) is 44.5. The number of alkyl halides is 1. The van der Waals surface area contributed by atoms with Gasteiger partial charge < -0.3 is 21.9 Å². The lowest BCUT2D eigenvalue weighted by molar-refractivity contribution is -0.140. The van der Waals surface area contributed by atoms with Crippen molar-refractivity contribution >= 4 is 17.8 Å². The molecule has 282 valence electrons. The molecule has 0 spiro atoms. The summed E-state index contributed by atoms with van der Waals surface area (Å²) in [6.45, 7) is 23.1. The minimum atomic E-state index is 0.137. The van der Waals surface area contributed by atoms with Crippen LogP contribution in [0.25, 0.3) is 0 Å². The molecule has 0 radical (unpaired) electrons. The van der Waals surface area contributed by atoms with Crippen LogP contribution in [0.5, 0.6) is 0 Å². The summed E-state index contributed by atoms with van der Waals surface area (Å²) in [6, 6.07) is 5.51. The van der Waals surface area contributed by atoms with Crippen molar-refractivity contribution < 1.29 is 13.9 Å². The molecule has 5 nitrogen and oxygen atoms in total. The SMILES string of the molecule is CC.CC(C)CCCC(C)C1CCC2C3C=CC4CC(OC=O)CCC4(C)C3CCC12C.CC/C=C(\C)N.CF.Cc1cc(N)cc(N)c1. The second-order valence-electron chi connectivity index (χ2n) is 16.0. The van der Waals surface area contributed by atoms with Crippen molar-refractivity contribution in [1.29, 1.82) is 0 Å². The van der Waals surface area contributed by atoms with Crippen LogP contribution in [-0.2, 0) is 9.53 Å². The van der Waals surface area contributed by atoms with Crippen LogP contribution in [0.2, 0.25) is 0 Å². The number of nitrogens with two attached hydrogens (primary N) is 3. The van der Waals surface area contributed by atoms with Crippen LogP contribution in [0.1, 0.15) is 139 Å². The van der Waals surface area contributed by atoms with Gasteiger partial charge in [-0.05, 0) is 141 Å². The highest BCUT2D eigenvalue weighted by molar-refractivity contribution is 5.53. The third-order valence-electron chi connectivity index (χ3n) is 12.2. The maximum atomic E-state index is 10.8. The summed E-state index contributed by atoms with van der Waals surface area (Å²) in [4.78, 5) is 10.8. The zero-order valence-electron chi connectivity index (χ0n) is 33.4. The lowest BCUT2D eigenvalue weighted by Gasteiger charge is -2.59. The highest BCUT2D eigenvalue weighted by Gasteiger charge is 2.59. The fraction of sp³-hybridized carbons (Fsp3) is 0.744. The van der Waals surface area contributed by atoms with Gasteiger partial charge in [-0.3, -0.25) is 9.18 Å². The summed E-state index contributed by atoms with van der Waals surface area (Å²) < 4.78 is 14.9. The number of anilines is 2. The van der Waals surface area contributed by atoms with E-state index < -0.39 is 0 Å². The van der Waals surface area contributed by atoms with E-state index in [9.17, 15) is 9.18 Å². The fourth-order valence-electron chi connectivity index (χ4n) is 9.97. The van der Waals surface area contributed by atoms with E-state index in [0.29, 0.717) is 30.4 Å². The van der Waals surface area contributed by atoms with E-state index in [4.69, 9.17) is 21.9 Å². The zero-order chi connectivity index (χ0) is 37.4. The van der Waals surface area contributed by atoms with Gasteiger partial charge in [-0.1, -0.05) is 92.9 Å². The van der Waals surface area contributed by atoms with Gasteiger partial charge in [0.25, 0.3) is 6.47 Å². The molecule has 0 bridgehead atoms. The van der Waals surface area contributed by atoms with Crippen molar-refractivity contribution in [2.24, 2.45) is 58.0 Å². The Bertz CT molecular complexity index is 1100. The van der Waals surface area contributed by atoms with Crippen LogP contribution in [0.15, 0.2) is 42.1 Å². The van der Waals surface area contributed by atoms with Gasteiger partial charge in [0, 0.05) is 17.1 Å². The first-order valence-electron chi connectivity index (χ1n) is 19.4. The quantitative estimate of drug-likeness (QED) is 0.143. The number of aryl methyl sites for hydroxylation is 1. The van der Waals surface area contributed by atoms with Crippen LogP contribution in [0.4, 0.5) is 15.8 Å². The van der Waals surface area contributed by atoms with Crippen LogP contribution < -0.4 is 17.2 Å². The summed E-state index contributed by atoms with van der Waals surface area (Å²) in [7, 11) is 0.500. The van der Waals surface area contributed by atoms with Gasteiger partial charge in [0.2, 0.25) is 0 Å². The first-order valence-corrected chi connectivity index (χ1v) is 19.4. The van der Waals surface area contributed by atoms with Crippen molar-refractivity contribution in [2.75, 3.05) is 18.6 Å². The molecule has 1 aromatic carbocycles. The van der Waals surface area contributed by atoms with E-state index in [1.165, 1.54) is 51.4 Å². The molecule has 3 fully saturated rings. The predicted molar refractivity (Wildman–Crippen MR) is 211 cm³/mol. The number of benzene rings is 1. The van der Waals surface area contributed by atoms with Crippen molar-refractivity contribution in [3.8, 4) is 0 Å². The molecule has 0 saturated heterocycles. The number of carbonyl (C=O) groups excluding carboxylic acids is 1. The molecule has 0 aromatic heterocycles. The number of nitrogen functional groups attached to an aromatic ring is 2. The molecule has 4 aliphatic rings. The van der Waals surface area contributed by atoms with Gasteiger partial charge in [-0.25, -0.2) is 0 Å². The third kappa shape index (κ3) is 12.3. The average Bonchev–Trinajstić information content (AvgIpc) is 3.40. The molecular weight excluding hydrogens is 609 g/mol. The Morgan fingerprint density at radius 2 is 1.53 bits per heavy atom. The number of hydrogen-bond donors (Lipinski definition) is 3. The number of carbonyl (C=O) groups is 1. The predicted octanol–water partition coefficient (Wildman–Crippen LogP) is 11.5. The van der Waals surface area contributed by atoms with E-state index in [2.05, 4.69) is 53.7 Å². The fourth-order valence-corrected chi connectivity index (χ4v) is 9.97. The minimum Gasteiger partial charge on any atom is -0.465 e. The standard InChI is InChI=1S/C28H46O2.C7H10N2.C5H11N.C2H6.CH3F/c1-19(2)7-6-8-20(3)24-11-12-25-23-10-9-21-17-22(30-18-29)13-15-27(21,4)26(23)14-16-28(24,25)5;1-5-2-6(8)4-7(9)3-5;1-3-4-5(2)6;2*1-2/h9-10,18-26H,6-8,11-17H2,1-5H3;2-4H,8-9H2,1H3;4H,3,6H2,1-2H3;1-2H3;1H3/b;;5-4+;;. The highest BCUT2D eigenvalue weighted by atomic mass is 19.1. The van der Waals surface area contributed by atoms with Gasteiger partial charge in [-0.15, -0.1) is 0 Å². The number of fused-ring (bicyclic) bond motifs is 5. The van der Waals surface area contributed by atoms with Gasteiger partial charge in [-0.2, -0.15) is 0 Å². The molecule has 0 aliphatic heterocycles. The van der Waals surface area contributed by atoms with E-state index in [0.717, 1.165) is 77.4 Å². The Morgan fingerprint density at radius 3 is 2.04 bits per heavy atom. The van der Waals surface area contributed by atoms with Crippen LogP contribution in [-0.4, -0.2) is 19.8 Å². The van der Waals surface area contributed by atoms with E-state index in [-0.39, 0.29) is 6.10 Å².